The summed E-state index contributed by atoms with van der Waals surface area (Å²) in [5.74, 6) is -0.371. The minimum Gasteiger partial charge on any atom is -0.354 e. The van der Waals surface area contributed by atoms with E-state index in [1.165, 1.54) is 11.6 Å². The molecule has 4 nitrogen and oxygen atoms in total. The Morgan fingerprint density at radius 2 is 1.80 bits per heavy atom. The van der Waals surface area contributed by atoms with Crippen LogP contribution >= 0.6 is 0 Å². The number of benzene rings is 2. The molecule has 1 atom stereocenters. The van der Waals surface area contributed by atoms with Gasteiger partial charge in [0.15, 0.2) is 5.96 Å². The minimum absolute atomic E-state index is 0.154. The number of nitrogens with one attached hydrogen (secondary N) is 2. The van der Waals surface area contributed by atoms with Crippen molar-refractivity contribution in [1.82, 2.24) is 15.5 Å². The number of halogens is 2. The maximum atomic E-state index is 13.7. The third kappa shape index (κ3) is 5.53. The Labute approximate surface area is 147 Å². The number of hydrogen-bond donors (Lipinski definition) is 2. The topological polar surface area (TPSA) is 39.7 Å². The Balaban J connectivity index is 1.96. The van der Waals surface area contributed by atoms with E-state index in [0.29, 0.717) is 12.5 Å². The maximum absolute atomic E-state index is 13.7. The van der Waals surface area contributed by atoms with Crippen LogP contribution in [-0.4, -0.2) is 38.5 Å². The van der Waals surface area contributed by atoms with Crippen molar-refractivity contribution in [2.45, 2.75) is 12.6 Å². The van der Waals surface area contributed by atoms with Crippen LogP contribution in [0.5, 0.6) is 0 Å². The van der Waals surface area contributed by atoms with E-state index in [1.54, 1.807) is 7.05 Å². The number of rotatable bonds is 6. The van der Waals surface area contributed by atoms with Crippen LogP contribution in [0.15, 0.2) is 53.5 Å². The quantitative estimate of drug-likeness (QED) is 0.624. The lowest BCUT2D eigenvalue weighted by molar-refractivity contribution is 0.298. The Morgan fingerprint density at radius 3 is 2.44 bits per heavy atom. The van der Waals surface area contributed by atoms with Crippen molar-refractivity contribution in [1.29, 1.82) is 0 Å². The third-order valence-corrected chi connectivity index (χ3v) is 3.95. The van der Waals surface area contributed by atoms with E-state index in [1.807, 2.05) is 32.3 Å². The monoisotopic (exact) mass is 346 g/mol. The van der Waals surface area contributed by atoms with Crippen LogP contribution in [0.3, 0.4) is 0 Å². The molecule has 0 saturated heterocycles. The van der Waals surface area contributed by atoms with Gasteiger partial charge in [0.25, 0.3) is 0 Å². The molecule has 1 unspecified atom stereocenters. The van der Waals surface area contributed by atoms with Crippen LogP contribution in [0.4, 0.5) is 8.78 Å². The van der Waals surface area contributed by atoms with Crippen molar-refractivity contribution >= 4 is 5.96 Å². The van der Waals surface area contributed by atoms with Gasteiger partial charge >= 0.3 is 0 Å². The lowest BCUT2D eigenvalue weighted by Crippen LogP contribution is -2.41. The van der Waals surface area contributed by atoms with Gasteiger partial charge in [-0.15, -0.1) is 0 Å². The van der Waals surface area contributed by atoms with Crippen molar-refractivity contribution < 1.29 is 8.78 Å². The fourth-order valence-electron chi connectivity index (χ4n) is 2.55. The molecule has 0 aliphatic heterocycles. The Bertz CT molecular complexity index is 702. The van der Waals surface area contributed by atoms with Gasteiger partial charge in [0.1, 0.15) is 11.6 Å². The highest BCUT2D eigenvalue weighted by molar-refractivity contribution is 5.79. The van der Waals surface area contributed by atoms with Crippen LogP contribution in [0.2, 0.25) is 0 Å². The summed E-state index contributed by atoms with van der Waals surface area (Å²) in [5, 5.41) is 6.25. The average Bonchev–Trinajstić information content (AvgIpc) is 2.61. The Hall–Kier alpha value is -2.47. The first-order valence-electron chi connectivity index (χ1n) is 8.11. The third-order valence-electron chi connectivity index (χ3n) is 3.95. The van der Waals surface area contributed by atoms with Gasteiger partial charge < -0.3 is 15.5 Å². The first kappa shape index (κ1) is 18.9. The standard InChI is InChI=1S/C19H24F2N4/c1-22-19(23-12-15-11-16(20)9-10-17(15)21)24-13-18(25(2)3)14-7-5-4-6-8-14/h4-11,18H,12-13H2,1-3H3,(H2,22,23,24). The van der Waals surface area contributed by atoms with Crippen LogP contribution in [0.25, 0.3) is 0 Å². The predicted molar refractivity (Wildman–Crippen MR) is 97.4 cm³/mol. The number of nitrogens with zero attached hydrogens (tertiary/aromatic N) is 2. The Kier molecular flexibility index (Phi) is 6.89. The van der Waals surface area contributed by atoms with E-state index in [9.17, 15) is 8.78 Å². The first-order chi connectivity index (χ1) is 12.0. The van der Waals surface area contributed by atoms with Gasteiger partial charge in [-0.05, 0) is 37.9 Å². The summed E-state index contributed by atoms with van der Waals surface area (Å²) in [7, 11) is 5.67. The van der Waals surface area contributed by atoms with Gasteiger partial charge in [-0.2, -0.15) is 0 Å². The van der Waals surface area contributed by atoms with Gasteiger partial charge in [0.05, 0.1) is 6.04 Å². The van der Waals surface area contributed by atoms with E-state index < -0.39 is 11.6 Å². The van der Waals surface area contributed by atoms with Crippen LogP contribution in [-0.2, 0) is 6.54 Å². The molecule has 25 heavy (non-hydrogen) atoms. The zero-order chi connectivity index (χ0) is 18.2. The van der Waals surface area contributed by atoms with Gasteiger partial charge in [-0.1, -0.05) is 30.3 Å². The minimum atomic E-state index is -0.460. The van der Waals surface area contributed by atoms with E-state index in [2.05, 4.69) is 32.7 Å². The zero-order valence-electron chi connectivity index (χ0n) is 14.8. The summed E-state index contributed by atoms with van der Waals surface area (Å²) in [6, 6.07) is 13.7. The van der Waals surface area contributed by atoms with Gasteiger partial charge in [0.2, 0.25) is 0 Å². The highest BCUT2D eigenvalue weighted by Crippen LogP contribution is 2.16. The first-order valence-corrected chi connectivity index (χ1v) is 8.11. The molecule has 0 spiro atoms. The number of guanidine groups is 1. The largest absolute Gasteiger partial charge is 0.354 e. The summed E-state index contributed by atoms with van der Waals surface area (Å²) in [5.41, 5.74) is 1.45. The molecule has 0 aliphatic carbocycles. The van der Waals surface area contributed by atoms with Crippen molar-refractivity contribution in [3.63, 3.8) is 0 Å². The molecule has 0 fully saturated rings. The highest BCUT2D eigenvalue weighted by atomic mass is 19.1. The molecule has 6 heteroatoms. The smallest absolute Gasteiger partial charge is 0.191 e. The van der Waals surface area contributed by atoms with Crippen molar-refractivity contribution in [2.75, 3.05) is 27.7 Å². The van der Waals surface area contributed by atoms with Crippen LogP contribution in [0, 0.1) is 11.6 Å². The lowest BCUT2D eigenvalue weighted by Gasteiger charge is -2.26. The highest BCUT2D eigenvalue weighted by Gasteiger charge is 2.14. The molecule has 2 N–H and O–H groups in total. The molecule has 2 rings (SSSR count). The molecular formula is C19H24F2N4. The zero-order valence-corrected chi connectivity index (χ0v) is 14.8. The second-order valence-electron chi connectivity index (χ2n) is 5.93. The SMILES string of the molecule is CN=C(NCc1cc(F)ccc1F)NCC(c1ccccc1)N(C)C. The van der Waals surface area contributed by atoms with E-state index >= 15 is 0 Å². The second kappa shape index (κ2) is 9.13. The second-order valence-corrected chi connectivity index (χ2v) is 5.93. The predicted octanol–water partition coefficient (Wildman–Crippen LogP) is 2.93. The summed E-state index contributed by atoms with van der Waals surface area (Å²) in [6.45, 7) is 0.781. The fourth-order valence-corrected chi connectivity index (χ4v) is 2.55. The summed E-state index contributed by atoms with van der Waals surface area (Å²) < 4.78 is 26.9. The van der Waals surface area contributed by atoms with Crippen molar-refractivity contribution in [3.05, 3.63) is 71.3 Å². The van der Waals surface area contributed by atoms with Crippen LogP contribution in [0.1, 0.15) is 17.2 Å². The summed E-state index contributed by atoms with van der Waals surface area (Å²) >= 11 is 0. The molecule has 0 bridgehead atoms. The van der Waals surface area contributed by atoms with Crippen molar-refractivity contribution in [3.8, 4) is 0 Å². The molecule has 0 radical (unpaired) electrons. The van der Waals surface area contributed by atoms with E-state index in [4.69, 9.17) is 0 Å². The van der Waals surface area contributed by atoms with Gasteiger partial charge in [0, 0.05) is 25.7 Å². The van der Waals surface area contributed by atoms with E-state index in [-0.39, 0.29) is 18.2 Å². The molecule has 0 saturated carbocycles. The average molecular weight is 346 g/mol. The van der Waals surface area contributed by atoms with Gasteiger partial charge in [-0.25, -0.2) is 8.78 Å². The molecule has 0 heterocycles. The van der Waals surface area contributed by atoms with E-state index in [0.717, 1.165) is 12.1 Å². The summed E-state index contributed by atoms with van der Waals surface area (Å²) in [6.07, 6.45) is 0. The summed E-state index contributed by atoms with van der Waals surface area (Å²) in [4.78, 5) is 6.25. The Morgan fingerprint density at radius 1 is 1.08 bits per heavy atom. The molecule has 0 aromatic heterocycles. The normalized spacial score (nSPS) is 13.0. The van der Waals surface area contributed by atoms with Crippen molar-refractivity contribution in [2.24, 2.45) is 4.99 Å². The molecule has 134 valence electrons. The molecular weight excluding hydrogens is 322 g/mol. The maximum Gasteiger partial charge on any atom is 0.191 e. The fraction of sp³-hybridized carbons (Fsp3) is 0.316. The molecule has 2 aromatic rings. The van der Waals surface area contributed by atoms with Gasteiger partial charge in [-0.3, -0.25) is 4.99 Å². The number of aliphatic imine (C=N–C) groups is 1. The number of hydrogen-bond acceptors (Lipinski definition) is 2. The van der Waals surface area contributed by atoms with Crippen LogP contribution < -0.4 is 10.6 Å². The number of likely N-dealkylation sites (N-methyl/N-ethyl adjacent to an activating group) is 1. The molecule has 0 aliphatic rings. The lowest BCUT2D eigenvalue weighted by atomic mass is 10.1. The molecule has 2 aromatic carbocycles. The molecule has 0 amide bonds.